The van der Waals surface area contributed by atoms with Gasteiger partial charge in [-0.15, -0.1) is 12.4 Å². The highest BCUT2D eigenvalue weighted by atomic mass is 35.5. The Hall–Kier alpha value is -0.630. The van der Waals surface area contributed by atoms with Gasteiger partial charge in [0.25, 0.3) is 10.0 Å². The lowest BCUT2D eigenvalue weighted by Crippen LogP contribution is -2.53. The van der Waals surface area contributed by atoms with Crippen molar-refractivity contribution >= 4 is 22.4 Å². The van der Waals surface area contributed by atoms with Gasteiger partial charge in [-0.1, -0.05) is 0 Å². The number of sulfonamides is 1. The zero-order valence-corrected chi connectivity index (χ0v) is 13.1. The van der Waals surface area contributed by atoms with E-state index in [1.807, 2.05) is 6.92 Å². The fourth-order valence-electron chi connectivity index (χ4n) is 2.82. The molecule has 1 fully saturated rings. The summed E-state index contributed by atoms with van der Waals surface area (Å²) in [5.74, 6) is 1.22. The number of aryl methyl sites for hydroxylation is 1. The van der Waals surface area contributed by atoms with Crippen LogP contribution in [0.5, 0.6) is 0 Å². The van der Waals surface area contributed by atoms with Crippen LogP contribution in [-0.4, -0.2) is 30.1 Å². The molecule has 2 aliphatic rings. The van der Waals surface area contributed by atoms with Crippen molar-refractivity contribution in [3.8, 4) is 0 Å². The van der Waals surface area contributed by atoms with Crippen LogP contribution in [0.25, 0.3) is 0 Å². The van der Waals surface area contributed by atoms with E-state index >= 15 is 0 Å². The number of aromatic nitrogens is 2. The third-order valence-electron chi connectivity index (χ3n) is 4.23. The smallest absolute Gasteiger partial charge is 0.258 e. The Morgan fingerprint density at radius 3 is 2.85 bits per heavy atom. The Balaban J connectivity index is 0.00000147. The summed E-state index contributed by atoms with van der Waals surface area (Å²) < 4.78 is 29.7. The summed E-state index contributed by atoms with van der Waals surface area (Å²) in [6.07, 6.45) is 5.36. The Kier molecular flexibility index (Phi) is 4.17. The van der Waals surface area contributed by atoms with Crippen molar-refractivity contribution in [2.75, 3.05) is 6.54 Å². The van der Waals surface area contributed by atoms with Gasteiger partial charge >= 0.3 is 0 Å². The normalized spacial score (nSPS) is 21.1. The number of nitrogens with two attached hydrogens (primary N) is 1. The molecule has 8 heteroatoms. The molecule has 1 aromatic rings. The van der Waals surface area contributed by atoms with Crippen LogP contribution in [0, 0.1) is 5.92 Å². The second-order valence-corrected chi connectivity index (χ2v) is 7.40. The van der Waals surface area contributed by atoms with Crippen molar-refractivity contribution < 1.29 is 8.42 Å². The molecule has 1 aromatic heterocycles. The number of hydrogen-bond acceptors (Lipinski definition) is 4. The fraction of sp³-hybridized carbons (Fsp3) is 0.750. The molecule has 1 saturated carbocycles. The molecule has 0 spiro atoms. The van der Waals surface area contributed by atoms with E-state index in [0.717, 1.165) is 38.1 Å². The Morgan fingerprint density at radius 1 is 1.55 bits per heavy atom. The minimum Gasteiger partial charge on any atom is -0.329 e. The zero-order chi connectivity index (χ0) is 13.7. The maximum atomic E-state index is 12.5. The SMILES string of the molecule is CC(CN)(NS(=O)(=O)c1cnc2n1CCC2)C1CC1.Cl. The summed E-state index contributed by atoms with van der Waals surface area (Å²) in [5, 5.41) is 0.278. The molecule has 3 N–H and O–H groups in total. The molecule has 3 rings (SSSR count). The van der Waals surface area contributed by atoms with Crippen LogP contribution in [-0.2, 0) is 23.0 Å². The zero-order valence-electron chi connectivity index (χ0n) is 11.5. The number of halogens is 1. The highest BCUT2D eigenvalue weighted by molar-refractivity contribution is 7.89. The van der Waals surface area contributed by atoms with Gasteiger partial charge in [-0.05, 0) is 32.1 Å². The minimum atomic E-state index is -3.55. The first-order chi connectivity index (χ1) is 8.96. The molecule has 1 unspecified atom stereocenters. The van der Waals surface area contributed by atoms with Crippen LogP contribution < -0.4 is 10.5 Å². The molecule has 114 valence electrons. The van der Waals surface area contributed by atoms with Gasteiger partial charge in [0.05, 0.1) is 6.20 Å². The first kappa shape index (κ1) is 15.8. The maximum Gasteiger partial charge on any atom is 0.258 e. The van der Waals surface area contributed by atoms with E-state index in [2.05, 4.69) is 9.71 Å². The van der Waals surface area contributed by atoms with Crippen LogP contribution in [0.3, 0.4) is 0 Å². The maximum absolute atomic E-state index is 12.5. The van der Waals surface area contributed by atoms with Gasteiger partial charge in [-0.25, -0.2) is 18.1 Å². The summed E-state index contributed by atoms with van der Waals surface area (Å²) in [5.41, 5.74) is 5.23. The molecule has 0 bridgehead atoms. The summed E-state index contributed by atoms with van der Waals surface area (Å²) in [6, 6.07) is 0. The van der Waals surface area contributed by atoms with E-state index in [-0.39, 0.29) is 17.4 Å². The second-order valence-electron chi connectivity index (χ2n) is 5.77. The lowest BCUT2D eigenvalue weighted by atomic mass is 9.98. The van der Waals surface area contributed by atoms with Gasteiger partial charge in [0.15, 0.2) is 5.03 Å². The van der Waals surface area contributed by atoms with Crippen molar-refractivity contribution in [2.45, 2.75) is 49.7 Å². The fourth-order valence-corrected chi connectivity index (χ4v) is 4.46. The van der Waals surface area contributed by atoms with Gasteiger partial charge < -0.3 is 10.3 Å². The van der Waals surface area contributed by atoms with E-state index in [1.165, 1.54) is 6.20 Å². The summed E-state index contributed by atoms with van der Waals surface area (Å²) >= 11 is 0. The first-order valence-electron chi connectivity index (χ1n) is 6.75. The predicted molar refractivity (Wildman–Crippen MR) is 78.3 cm³/mol. The standard InChI is InChI=1S/C12H20N4O2S.ClH/c1-12(8-13,9-4-5-9)15-19(17,18)11-7-14-10-3-2-6-16(10)11;/h7,9,15H,2-6,8,13H2,1H3;1H. The molecule has 1 aliphatic carbocycles. The van der Waals surface area contributed by atoms with Gasteiger partial charge in [-0.2, -0.15) is 0 Å². The number of imidazole rings is 1. The van der Waals surface area contributed by atoms with Crippen molar-refractivity contribution in [1.82, 2.24) is 14.3 Å². The van der Waals surface area contributed by atoms with E-state index in [1.54, 1.807) is 4.57 Å². The summed E-state index contributed by atoms with van der Waals surface area (Å²) in [7, 11) is -3.55. The number of hydrogen-bond donors (Lipinski definition) is 2. The molecule has 2 heterocycles. The van der Waals surface area contributed by atoms with Crippen molar-refractivity contribution in [1.29, 1.82) is 0 Å². The summed E-state index contributed by atoms with van der Waals surface area (Å²) in [6.45, 7) is 2.94. The number of nitrogens with one attached hydrogen (secondary N) is 1. The molecular formula is C12H21ClN4O2S. The largest absolute Gasteiger partial charge is 0.329 e. The Bertz CT molecular complexity index is 597. The predicted octanol–water partition coefficient (Wildman–Crippen LogP) is 0.657. The van der Waals surface area contributed by atoms with Crippen LogP contribution in [0.15, 0.2) is 11.2 Å². The van der Waals surface area contributed by atoms with E-state index < -0.39 is 15.6 Å². The van der Waals surface area contributed by atoms with Crippen molar-refractivity contribution in [2.24, 2.45) is 11.7 Å². The van der Waals surface area contributed by atoms with E-state index in [9.17, 15) is 8.42 Å². The van der Waals surface area contributed by atoms with E-state index in [4.69, 9.17) is 5.73 Å². The topological polar surface area (TPSA) is 90.0 Å². The molecule has 0 saturated heterocycles. The van der Waals surface area contributed by atoms with Crippen LogP contribution in [0.2, 0.25) is 0 Å². The molecule has 0 aromatic carbocycles. The lowest BCUT2D eigenvalue weighted by Gasteiger charge is -2.29. The van der Waals surface area contributed by atoms with Crippen LogP contribution >= 0.6 is 12.4 Å². The average molecular weight is 321 g/mol. The highest BCUT2D eigenvalue weighted by Crippen LogP contribution is 2.39. The molecule has 20 heavy (non-hydrogen) atoms. The molecule has 6 nitrogen and oxygen atoms in total. The van der Waals surface area contributed by atoms with Crippen molar-refractivity contribution in [3.63, 3.8) is 0 Å². The minimum absolute atomic E-state index is 0. The van der Waals surface area contributed by atoms with Crippen LogP contribution in [0.4, 0.5) is 0 Å². The monoisotopic (exact) mass is 320 g/mol. The third kappa shape index (κ3) is 2.59. The molecule has 1 aliphatic heterocycles. The first-order valence-corrected chi connectivity index (χ1v) is 8.23. The summed E-state index contributed by atoms with van der Waals surface area (Å²) in [4.78, 5) is 4.19. The lowest BCUT2D eigenvalue weighted by molar-refractivity contribution is 0.372. The van der Waals surface area contributed by atoms with Gasteiger partial charge in [0, 0.05) is 25.0 Å². The number of nitrogens with zero attached hydrogens (tertiary/aromatic N) is 2. The number of fused-ring (bicyclic) bond motifs is 1. The molecule has 0 amide bonds. The van der Waals surface area contributed by atoms with Gasteiger partial charge in [-0.3, -0.25) is 0 Å². The molecule has 0 radical (unpaired) electrons. The van der Waals surface area contributed by atoms with Crippen LogP contribution in [0.1, 0.15) is 32.0 Å². The van der Waals surface area contributed by atoms with Gasteiger partial charge in [0.1, 0.15) is 5.82 Å². The third-order valence-corrected chi connectivity index (χ3v) is 5.84. The Labute approximate surface area is 125 Å². The highest BCUT2D eigenvalue weighted by Gasteiger charge is 2.44. The van der Waals surface area contributed by atoms with E-state index in [0.29, 0.717) is 12.5 Å². The quantitative estimate of drug-likeness (QED) is 0.834. The second kappa shape index (κ2) is 5.29. The average Bonchev–Trinajstić information content (AvgIpc) is 2.97. The number of rotatable bonds is 5. The molecule has 1 atom stereocenters. The molecular weight excluding hydrogens is 300 g/mol. The van der Waals surface area contributed by atoms with Crippen molar-refractivity contribution in [3.05, 3.63) is 12.0 Å². The van der Waals surface area contributed by atoms with Gasteiger partial charge in [0.2, 0.25) is 0 Å². The Morgan fingerprint density at radius 2 is 2.25 bits per heavy atom.